The van der Waals surface area contributed by atoms with Crippen molar-refractivity contribution in [1.82, 2.24) is 4.31 Å². The third-order valence-electron chi connectivity index (χ3n) is 2.65. The second kappa shape index (κ2) is 5.71. The molecule has 17 heavy (non-hydrogen) atoms. The molecule has 4 nitrogen and oxygen atoms in total. The normalized spacial score (nSPS) is 19.1. The van der Waals surface area contributed by atoms with Gasteiger partial charge < -0.3 is 5.11 Å². The summed E-state index contributed by atoms with van der Waals surface area (Å²) in [6.07, 6.45) is 0.891. The van der Waals surface area contributed by atoms with Crippen molar-refractivity contribution in [2.45, 2.75) is 17.9 Å². The molecule has 2 rings (SSSR count). The Kier molecular flexibility index (Phi) is 4.48. The number of aliphatic hydroxyl groups is 1. The van der Waals surface area contributed by atoms with E-state index in [-0.39, 0.29) is 11.5 Å². The first-order valence-electron chi connectivity index (χ1n) is 5.41. The smallest absolute Gasteiger partial charge is 0.244 e. The van der Waals surface area contributed by atoms with Crippen LogP contribution in [0.15, 0.2) is 16.3 Å². The maximum absolute atomic E-state index is 12.4. The summed E-state index contributed by atoms with van der Waals surface area (Å²) in [5.41, 5.74) is 0. The lowest BCUT2D eigenvalue weighted by molar-refractivity contribution is 0.282. The van der Waals surface area contributed by atoms with Gasteiger partial charge in [-0.2, -0.15) is 16.1 Å². The first-order chi connectivity index (χ1) is 8.16. The lowest BCUT2D eigenvalue weighted by Gasteiger charge is -2.19. The molecule has 0 aromatic carbocycles. The van der Waals surface area contributed by atoms with Crippen molar-refractivity contribution in [3.8, 4) is 0 Å². The summed E-state index contributed by atoms with van der Waals surface area (Å²) in [5, 5.41) is 10.9. The molecular weight excluding hydrogens is 278 g/mol. The Hall–Kier alpha value is -0.0800. The van der Waals surface area contributed by atoms with Gasteiger partial charge in [-0.05, 0) is 23.6 Å². The van der Waals surface area contributed by atoms with Crippen LogP contribution in [0.4, 0.5) is 0 Å². The molecule has 7 heteroatoms. The lowest BCUT2D eigenvalue weighted by atomic mass is 10.5. The first kappa shape index (κ1) is 13.4. The highest BCUT2D eigenvalue weighted by Crippen LogP contribution is 2.26. The summed E-state index contributed by atoms with van der Waals surface area (Å²) < 4.78 is 26.3. The molecular formula is C10H15NO3S3. The summed E-state index contributed by atoms with van der Waals surface area (Å²) in [7, 11) is -3.41. The van der Waals surface area contributed by atoms with Gasteiger partial charge in [0.2, 0.25) is 10.0 Å². The Morgan fingerprint density at radius 1 is 1.35 bits per heavy atom. The van der Waals surface area contributed by atoms with E-state index in [0.717, 1.165) is 17.9 Å². The van der Waals surface area contributed by atoms with Gasteiger partial charge in [0.1, 0.15) is 0 Å². The van der Waals surface area contributed by atoms with Gasteiger partial charge >= 0.3 is 0 Å². The molecule has 1 saturated heterocycles. The van der Waals surface area contributed by atoms with Crippen molar-refractivity contribution < 1.29 is 13.5 Å². The molecule has 0 saturated carbocycles. The highest BCUT2D eigenvalue weighted by Gasteiger charge is 2.27. The van der Waals surface area contributed by atoms with E-state index in [1.54, 1.807) is 23.2 Å². The molecule has 0 unspecified atom stereocenters. The van der Waals surface area contributed by atoms with Crippen molar-refractivity contribution in [2.24, 2.45) is 0 Å². The molecule has 1 aliphatic heterocycles. The Balaban J connectivity index is 2.28. The van der Waals surface area contributed by atoms with Gasteiger partial charge in [-0.3, -0.25) is 0 Å². The number of nitrogens with zero attached hydrogens (tertiary/aromatic N) is 1. The third kappa shape index (κ3) is 2.85. The topological polar surface area (TPSA) is 57.6 Å². The van der Waals surface area contributed by atoms with Gasteiger partial charge in [-0.15, -0.1) is 11.3 Å². The van der Waals surface area contributed by atoms with E-state index in [1.165, 1.54) is 15.6 Å². The van der Waals surface area contributed by atoms with Crippen molar-refractivity contribution >= 4 is 33.1 Å². The summed E-state index contributed by atoms with van der Waals surface area (Å²) in [6.45, 7) is 0.929. The van der Waals surface area contributed by atoms with Crippen LogP contribution in [0.2, 0.25) is 0 Å². The minimum absolute atomic E-state index is 0.213. The van der Waals surface area contributed by atoms with Gasteiger partial charge in [-0.1, -0.05) is 0 Å². The molecule has 0 atom stereocenters. The monoisotopic (exact) mass is 293 g/mol. The molecule has 96 valence electrons. The molecule has 0 bridgehead atoms. The summed E-state index contributed by atoms with van der Waals surface area (Å²) in [4.78, 5) is 0.804. The summed E-state index contributed by atoms with van der Waals surface area (Å²) in [6, 6.07) is 1.59. The molecule has 0 radical (unpaired) electrons. The first-order valence-corrected chi connectivity index (χ1v) is 8.89. The number of aliphatic hydroxyl groups excluding tert-OH is 1. The summed E-state index contributed by atoms with van der Waals surface area (Å²) >= 11 is 3.07. The van der Waals surface area contributed by atoms with E-state index in [4.69, 9.17) is 5.11 Å². The maximum atomic E-state index is 12.4. The van der Waals surface area contributed by atoms with Crippen molar-refractivity contribution in [2.75, 3.05) is 24.6 Å². The minimum Gasteiger partial charge on any atom is -0.391 e. The van der Waals surface area contributed by atoms with Crippen LogP contribution < -0.4 is 0 Å². The number of hydrogen-bond donors (Lipinski definition) is 1. The van der Waals surface area contributed by atoms with E-state index in [9.17, 15) is 8.42 Å². The molecule has 1 fully saturated rings. The molecule has 0 amide bonds. The van der Waals surface area contributed by atoms with E-state index < -0.39 is 10.0 Å². The van der Waals surface area contributed by atoms with Crippen LogP contribution in [-0.4, -0.2) is 42.4 Å². The fraction of sp³-hybridized carbons (Fsp3) is 0.600. The zero-order valence-corrected chi connectivity index (χ0v) is 11.8. The average Bonchev–Trinajstić information content (AvgIpc) is 2.63. The number of sulfonamides is 1. The van der Waals surface area contributed by atoms with Crippen LogP contribution >= 0.6 is 23.1 Å². The van der Waals surface area contributed by atoms with Crippen LogP contribution in [0.25, 0.3) is 0 Å². The Labute approximate surface area is 110 Å². The van der Waals surface area contributed by atoms with Gasteiger partial charge in [0.25, 0.3) is 0 Å². The Morgan fingerprint density at radius 2 is 2.18 bits per heavy atom. The lowest BCUT2D eigenvalue weighted by Crippen LogP contribution is -2.33. The van der Waals surface area contributed by atoms with E-state index in [1.807, 2.05) is 0 Å². The van der Waals surface area contributed by atoms with Crippen LogP contribution in [0.5, 0.6) is 0 Å². The molecule has 1 aromatic rings. The van der Waals surface area contributed by atoms with Gasteiger partial charge in [0.15, 0.2) is 0 Å². The van der Waals surface area contributed by atoms with E-state index >= 15 is 0 Å². The van der Waals surface area contributed by atoms with E-state index in [2.05, 4.69) is 0 Å². The fourth-order valence-corrected chi connectivity index (χ4v) is 5.52. The predicted octanol–water partition coefficient (Wildman–Crippen LogP) is 1.37. The number of rotatable bonds is 3. The Bertz CT molecular complexity index is 461. The number of thiophene rings is 1. The standard InChI is InChI=1S/C10H15NO3S3/c12-8-9-10(2-6-16-9)17(13,14)11-3-1-5-15-7-4-11/h2,6,12H,1,3-5,7-8H2. The molecule has 0 aliphatic carbocycles. The third-order valence-corrected chi connectivity index (χ3v) is 6.71. The van der Waals surface area contributed by atoms with Gasteiger partial charge in [0, 0.05) is 23.7 Å². The molecule has 0 spiro atoms. The minimum atomic E-state index is -3.41. The molecule has 1 aliphatic rings. The Morgan fingerprint density at radius 3 is 2.94 bits per heavy atom. The van der Waals surface area contributed by atoms with Crippen molar-refractivity contribution in [3.05, 3.63) is 16.3 Å². The quantitative estimate of drug-likeness (QED) is 0.914. The van der Waals surface area contributed by atoms with Crippen LogP contribution in [0.3, 0.4) is 0 Å². The van der Waals surface area contributed by atoms with Crippen LogP contribution in [0.1, 0.15) is 11.3 Å². The molecule has 1 N–H and O–H groups in total. The average molecular weight is 293 g/mol. The van der Waals surface area contributed by atoms with Gasteiger partial charge in [0.05, 0.1) is 11.5 Å². The highest BCUT2D eigenvalue weighted by atomic mass is 32.2. The van der Waals surface area contributed by atoms with Crippen molar-refractivity contribution in [1.29, 1.82) is 0 Å². The summed E-state index contributed by atoms with van der Waals surface area (Å²) in [5.74, 6) is 1.86. The van der Waals surface area contributed by atoms with Crippen molar-refractivity contribution in [3.63, 3.8) is 0 Å². The largest absolute Gasteiger partial charge is 0.391 e. The zero-order chi connectivity index (χ0) is 12.3. The molecule has 1 aromatic heterocycles. The second-order valence-electron chi connectivity index (χ2n) is 3.74. The number of hydrogen-bond acceptors (Lipinski definition) is 5. The highest BCUT2D eigenvalue weighted by molar-refractivity contribution is 7.99. The van der Waals surface area contributed by atoms with Gasteiger partial charge in [-0.25, -0.2) is 8.42 Å². The van der Waals surface area contributed by atoms with E-state index in [0.29, 0.717) is 18.0 Å². The zero-order valence-electron chi connectivity index (χ0n) is 9.33. The fourth-order valence-electron chi connectivity index (χ4n) is 1.78. The second-order valence-corrected chi connectivity index (χ2v) is 7.87. The maximum Gasteiger partial charge on any atom is 0.244 e. The number of thioether (sulfide) groups is 1. The van der Waals surface area contributed by atoms with Crippen LogP contribution in [0, 0.1) is 0 Å². The predicted molar refractivity (Wildman–Crippen MR) is 70.9 cm³/mol. The van der Waals surface area contributed by atoms with Crippen LogP contribution in [-0.2, 0) is 16.6 Å². The molecule has 2 heterocycles. The SMILES string of the molecule is O=S(=O)(c1ccsc1CO)N1CCCSCC1.